The molecule has 0 unspecified atom stereocenters. The number of amides is 1. The molecule has 7 heteroatoms. The van der Waals surface area contributed by atoms with E-state index in [0.29, 0.717) is 32.0 Å². The van der Waals surface area contributed by atoms with Gasteiger partial charge < -0.3 is 4.90 Å². The molecule has 2 fully saturated rings. The standard InChI is InChI=1S/C26H33N3O3S/c1-20-8-7-11-24(16-20)33(31,32)27-26(13-5-2-6-14-26)25(30)29-18-23(19-29)28-15-12-21-9-3-4-10-22(21)17-28/h3-4,7-11,16,23,27H,2,5-6,12-15,17-19H2,1H3. The summed E-state index contributed by atoms with van der Waals surface area (Å²) in [6.45, 7) is 5.16. The fourth-order valence-electron chi connectivity index (χ4n) is 5.60. The number of nitrogens with zero attached hydrogens (tertiary/aromatic N) is 2. The van der Waals surface area contributed by atoms with E-state index in [4.69, 9.17) is 0 Å². The molecule has 0 atom stereocenters. The number of likely N-dealkylation sites (tertiary alicyclic amines) is 1. The van der Waals surface area contributed by atoms with E-state index < -0.39 is 15.6 Å². The van der Waals surface area contributed by atoms with E-state index in [1.54, 1.807) is 18.2 Å². The highest BCUT2D eigenvalue weighted by molar-refractivity contribution is 7.89. The monoisotopic (exact) mass is 467 g/mol. The summed E-state index contributed by atoms with van der Waals surface area (Å²) in [7, 11) is -3.78. The van der Waals surface area contributed by atoms with E-state index >= 15 is 0 Å². The van der Waals surface area contributed by atoms with E-state index in [2.05, 4.69) is 33.9 Å². The van der Waals surface area contributed by atoms with Gasteiger partial charge in [-0.1, -0.05) is 55.7 Å². The zero-order chi connectivity index (χ0) is 23.1. The summed E-state index contributed by atoms with van der Waals surface area (Å²) in [5.74, 6) is -0.0490. The lowest BCUT2D eigenvalue weighted by atomic mass is 9.80. The van der Waals surface area contributed by atoms with Gasteiger partial charge in [0.15, 0.2) is 0 Å². The maximum absolute atomic E-state index is 13.7. The Morgan fingerprint density at radius 3 is 2.45 bits per heavy atom. The van der Waals surface area contributed by atoms with Crippen molar-refractivity contribution in [1.29, 1.82) is 0 Å². The number of carbonyl (C=O) groups excluding carboxylic acids is 1. The molecule has 0 spiro atoms. The molecule has 3 aliphatic rings. The van der Waals surface area contributed by atoms with Crippen LogP contribution in [-0.2, 0) is 27.8 Å². The fourth-order valence-corrected chi connectivity index (χ4v) is 7.12. The summed E-state index contributed by atoms with van der Waals surface area (Å²) in [4.78, 5) is 18.3. The first-order chi connectivity index (χ1) is 15.9. The van der Waals surface area contributed by atoms with Gasteiger partial charge in [-0.15, -0.1) is 0 Å². The van der Waals surface area contributed by atoms with Crippen molar-refractivity contribution in [1.82, 2.24) is 14.5 Å². The normalized spacial score (nSPS) is 21.3. The van der Waals surface area contributed by atoms with Crippen molar-refractivity contribution in [3.05, 3.63) is 65.2 Å². The lowest BCUT2D eigenvalue weighted by molar-refractivity contribution is -0.147. The number of sulfonamides is 1. The lowest BCUT2D eigenvalue weighted by Gasteiger charge is -2.50. The van der Waals surface area contributed by atoms with Crippen LogP contribution in [0.4, 0.5) is 0 Å². The Balaban J connectivity index is 1.29. The number of carbonyl (C=O) groups is 1. The highest BCUT2D eigenvalue weighted by Crippen LogP contribution is 2.34. The average molecular weight is 468 g/mol. The Morgan fingerprint density at radius 2 is 1.73 bits per heavy atom. The second kappa shape index (κ2) is 8.85. The fraction of sp³-hybridized carbons (Fsp3) is 0.500. The van der Waals surface area contributed by atoms with Crippen molar-refractivity contribution in [3.8, 4) is 0 Å². The number of rotatable bonds is 5. The van der Waals surface area contributed by atoms with Crippen LogP contribution in [0.3, 0.4) is 0 Å². The first-order valence-corrected chi connectivity index (χ1v) is 13.6. The van der Waals surface area contributed by atoms with Gasteiger partial charge in [0.2, 0.25) is 15.9 Å². The molecular weight excluding hydrogens is 434 g/mol. The summed E-state index contributed by atoms with van der Waals surface area (Å²) in [5, 5.41) is 0. The Bertz CT molecular complexity index is 1130. The van der Waals surface area contributed by atoms with E-state index in [1.807, 2.05) is 17.9 Å². The molecule has 6 nitrogen and oxygen atoms in total. The Hall–Kier alpha value is -2.22. The van der Waals surface area contributed by atoms with Gasteiger partial charge in [0.1, 0.15) is 5.54 Å². The third-order valence-corrected chi connectivity index (χ3v) is 9.11. The SMILES string of the molecule is Cc1cccc(S(=O)(=O)NC2(C(=O)N3CC(N4CCc5ccccc5C4)C3)CCCCC2)c1. The number of hydrogen-bond acceptors (Lipinski definition) is 4. The van der Waals surface area contributed by atoms with Crippen molar-refractivity contribution in [2.45, 2.75) is 68.5 Å². The van der Waals surface area contributed by atoms with Crippen LogP contribution < -0.4 is 4.72 Å². The number of nitrogens with one attached hydrogen (secondary N) is 1. The van der Waals surface area contributed by atoms with E-state index in [9.17, 15) is 13.2 Å². The van der Waals surface area contributed by atoms with Gasteiger partial charge in [0.25, 0.3) is 0 Å². The first kappa shape index (κ1) is 22.6. The minimum Gasteiger partial charge on any atom is -0.338 e. The van der Waals surface area contributed by atoms with Crippen molar-refractivity contribution < 1.29 is 13.2 Å². The third-order valence-electron chi connectivity index (χ3n) is 7.57. The quantitative estimate of drug-likeness (QED) is 0.733. The van der Waals surface area contributed by atoms with Crippen molar-refractivity contribution >= 4 is 15.9 Å². The molecule has 2 heterocycles. The predicted octanol–water partition coefficient (Wildman–Crippen LogP) is 3.25. The van der Waals surface area contributed by atoms with Crippen molar-refractivity contribution in [3.63, 3.8) is 0 Å². The second-order valence-electron chi connectivity index (χ2n) is 9.92. The van der Waals surface area contributed by atoms with E-state index in [-0.39, 0.29) is 10.8 Å². The molecule has 33 heavy (non-hydrogen) atoms. The molecule has 0 aromatic heterocycles. The lowest BCUT2D eigenvalue weighted by Crippen LogP contribution is -2.68. The average Bonchev–Trinajstić information content (AvgIpc) is 2.78. The molecule has 1 amide bonds. The number of benzene rings is 2. The molecular formula is C26H33N3O3S. The van der Waals surface area contributed by atoms with Gasteiger partial charge in [0, 0.05) is 32.2 Å². The van der Waals surface area contributed by atoms with E-state index in [0.717, 1.165) is 44.3 Å². The largest absolute Gasteiger partial charge is 0.338 e. The smallest absolute Gasteiger partial charge is 0.243 e. The van der Waals surface area contributed by atoms with Crippen LogP contribution in [0.1, 0.15) is 48.8 Å². The van der Waals surface area contributed by atoms with Crippen molar-refractivity contribution in [2.75, 3.05) is 19.6 Å². The van der Waals surface area contributed by atoms with Crippen molar-refractivity contribution in [2.24, 2.45) is 0 Å². The minimum atomic E-state index is -3.78. The van der Waals surface area contributed by atoms with E-state index in [1.165, 1.54) is 11.1 Å². The summed E-state index contributed by atoms with van der Waals surface area (Å²) < 4.78 is 29.3. The van der Waals surface area contributed by atoms with Gasteiger partial charge >= 0.3 is 0 Å². The van der Waals surface area contributed by atoms with Gasteiger partial charge in [-0.3, -0.25) is 9.69 Å². The second-order valence-corrected chi connectivity index (χ2v) is 11.6. The number of aryl methyl sites for hydroxylation is 1. The Morgan fingerprint density at radius 1 is 1.00 bits per heavy atom. The maximum atomic E-state index is 13.7. The summed E-state index contributed by atoms with van der Waals surface area (Å²) in [6, 6.07) is 15.8. The molecule has 5 rings (SSSR count). The van der Waals surface area contributed by atoms with Gasteiger partial charge in [-0.05, 0) is 55.0 Å². The van der Waals surface area contributed by atoms with Crippen LogP contribution in [0, 0.1) is 6.92 Å². The molecule has 1 saturated carbocycles. The zero-order valence-corrected chi connectivity index (χ0v) is 20.1. The molecule has 1 saturated heterocycles. The van der Waals surface area contributed by atoms with Gasteiger partial charge in [-0.2, -0.15) is 4.72 Å². The third kappa shape index (κ3) is 4.46. The molecule has 1 N–H and O–H groups in total. The molecule has 176 valence electrons. The summed E-state index contributed by atoms with van der Waals surface area (Å²) in [5.41, 5.74) is 2.66. The minimum absolute atomic E-state index is 0.0490. The Labute approximate surface area is 197 Å². The highest BCUT2D eigenvalue weighted by atomic mass is 32.2. The van der Waals surface area contributed by atoms with Gasteiger partial charge in [0.05, 0.1) is 4.90 Å². The van der Waals surface area contributed by atoms with Crippen LogP contribution in [0.2, 0.25) is 0 Å². The molecule has 2 aliphatic heterocycles. The Kier molecular flexibility index (Phi) is 6.05. The van der Waals surface area contributed by atoms with Crippen LogP contribution >= 0.6 is 0 Å². The maximum Gasteiger partial charge on any atom is 0.243 e. The molecule has 2 aromatic rings. The van der Waals surface area contributed by atoms with Crippen LogP contribution in [0.15, 0.2) is 53.4 Å². The first-order valence-electron chi connectivity index (χ1n) is 12.1. The molecule has 0 radical (unpaired) electrons. The predicted molar refractivity (Wildman–Crippen MR) is 128 cm³/mol. The van der Waals surface area contributed by atoms with Gasteiger partial charge in [-0.25, -0.2) is 8.42 Å². The summed E-state index contributed by atoms with van der Waals surface area (Å²) >= 11 is 0. The zero-order valence-electron chi connectivity index (χ0n) is 19.3. The summed E-state index contributed by atoms with van der Waals surface area (Å²) in [6.07, 6.45) is 4.94. The van der Waals surface area contributed by atoms with Crippen LogP contribution in [0.25, 0.3) is 0 Å². The molecule has 0 bridgehead atoms. The number of fused-ring (bicyclic) bond motifs is 1. The topological polar surface area (TPSA) is 69.7 Å². The van der Waals surface area contributed by atoms with Crippen LogP contribution in [0.5, 0.6) is 0 Å². The number of hydrogen-bond donors (Lipinski definition) is 1. The van der Waals surface area contributed by atoms with Crippen LogP contribution in [-0.4, -0.2) is 55.3 Å². The molecule has 2 aromatic carbocycles. The molecule has 1 aliphatic carbocycles. The highest BCUT2D eigenvalue weighted by Gasteiger charge is 2.48.